The van der Waals surface area contributed by atoms with E-state index in [2.05, 4.69) is 5.32 Å². The van der Waals surface area contributed by atoms with E-state index in [4.69, 9.17) is 10.5 Å². The van der Waals surface area contributed by atoms with Gasteiger partial charge in [-0.1, -0.05) is 18.2 Å². The molecule has 0 saturated heterocycles. The van der Waals surface area contributed by atoms with Crippen molar-refractivity contribution in [2.75, 3.05) is 11.9 Å². The number of anilines is 1. The molecule has 1 amide bonds. The molecule has 4 heteroatoms. The van der Waals surface area contributed by atoms with Gasteiger partial charge in [-0.3, -0.25) is 5.32 Å². The lowest BCUT2D eigenvalue weighted by Gasteiger charge is -2.20. The monoisotopic (exact) mass is 250 g/mol. The molecule has 1 aromatic carbocycles. The van der Waals surface area contributed by atoms with Gasteiger partial charge in [0.2, 0.25) is 0 Å². The second kappa shape index (κ2) is 6.40. The van der Waals surface area contributed by atoms with Crippen LogP contribution >= 0.6 is 0 Å². The summed E-state index contributed by atoms with van der Waals surface area (Å²) in [6.45, 7) is 6.16. The van der Waals surface area contributed by atoms with Crippen LogP contribution in [0.2, 0.25) is 0 Å². The fraction of sp³-hybridized carbons (Fsp3) is 0.500. The number of rotatable bonds is 4. The molecule has 18 heavy (non-hydrogen) atoms. The van der Waals surface area contributed by atoms with Crippen LogP contribution in [0.4, 0.5) is 10.5 Å². The van der Waals surface area contributed by atoms with E-state index < -0.39 is 11.7 Å². The van der Waals surface area contributed by atoms with Gasteiger partial charge in [0.25, 0.3) is 0 Å². The molecule has 0 bridgehead atoms. The van der Waals surface area contributed by atoms with Gasteiger partial charge in [0.15, 0.2) is 0 Å². The molecule has 0 aliphatic rings. The zero-order chi connectivity index (χ0) is 13.6. The Morgan fingerprint density at radius 1 is 1.33 bits per heavy atom. The normalized spacial score (nSPS) is 11.1. The highest BCUT2D eigenvalue weighted by atomic mass is 16.6. The number of nitrogens with one attached hydrogen (secondary N) is 1. The van der Waals surface area contributed by atoms with Crippen molar-refractivity contribution in [2.24, 2.45) is 5.73 Å². The lowest BCUT2D eigenvalue weighted by molar-refractivity contribution is 0.0636. The first kappa shape index (κ1) is 14.5. The fourth-order valence-electron chi connectivity index (χ4n) is 1.57. The molecular weight excluding hydrogens is 228 g/mol. The number of aryl methyl sites for hydroxylation is 1. The Labute approximate surface area is 109 Å². The first-order chi connectivity index (χ1) is 8.42. The van der Waals surface area contributed by atoms with Crippen molar-refractivity contribution in [3.05, 3.63) is 29.8 Å². The van der Waals surface area contributed by atoms with Gasteiger partial charge in [-0.15, -0.1) is 0 Å². The van der Waals surface area contributed by atoms with Crippen LogP contribution in [-0.4, -0.2) is 18.2 Å². The summed E-state index contributed by atoms with van der Waals surface area (Å²) < 4.78 is 5.23. The molecule has 1 aromatic rings. The maximum absolute atomic E-state index is 11.7. The van der Waals surface area contributed by atoms with Gasteiger partial charge in [-0.2, -0.15) is 0 Å². The van der Waals surface area contributed by atoms with Crippen LogP contribution in [-0.2, 0) is 11.2 Å². The summed E-state index contributed by atoms with van der Waals surface area (Å²) in [5.74, 6) is 0. The summed E-state index contributed by atoms with van der Waals surface area (Å²) in [6, 6.07) is 7.70. The summed E-state index contributed by atoms with van der Waals surface area (Å²) >= 11 is 0. The largest absolute Gasteiger partial charge is 0.444 e. The number of carbonyl (C=O) groups is 1. The Morgan fingerprint density at radius 2 is 2.00 bits per heavy atom. The third kappa shape index (κ3) is 5.19. The molecule has 0 atom stereocenters. The molecule has 100 valence electrons. The van der Waals surface area contributed by atoms with Crippen molar-refractivity contribution in [3.63, 3.8) is 0 Å². The van der Waals surface area contributed by atoms with Crippen LogP contribution in [0.1, 0.15) is 32.8 Å². The van der Waals surface area contributed by atoms with E-state index >= 15 is 0 Å². The van der Waals surface area contributed by atoms with Crippen LogP contribution in [0.5, 0.6) is 0 Å². The van der Waals surface area contributed by atoms with Gasteiger partial charge in [-0.25, -0.2) is 4.79 Å². The minimum Gasteiger partial charge on any atom is -0.444 e. The third-order valence-electron chi connectivity index (χ3n) is 2.30. The van der Waals surface area contributed by atoms with E-state index in [9.17, 15) is 4.79 Å². The topological polar surface area (TPSA) is 64.3 Å². The van der Waals surface area contributed by atoms with E-state index in [1.54, 1.807) is 0 Å². The minimum atomic E-state index is -0.490. The van der Waals surface area contributed by atoms with Crippen molar-refractivity contribution in [2.45, 2.75) is 39.2 Å². The SMILES string of the molecule is CC(C)(C)OC(=O)Nc1ccccc1CCCN. The Hall–Kier alpha value is -1.55. The number of nitrogens with two attached hydrogens (primary N) is 1. The maximum Gasteiger partial charge on any atom is 0.412 e. The van der Waals surface area contributed by atoms with Gasteiger partial charge >= 0.3 is 6.09 Å². The van der Waals surface area contributed by atoms with Gasteiger partial charge in [0, 0.05) is 5.69 Å². The molecule has 0 aromatic heterocycles. The number of para-hydroxylation sites is 1. The van der Waals surface area contributed by atoms with E-state index in [0.29, 0.717) is 6.54 Å². The second-order valence-corrected chi connectivity index (χ2v) is 5.18. The number of benzene rings is 1. The van der Waals surface area contributed by atoms with Crippen molar-refractivity contribution in [1.82, 2.24) is 0 Å². The van der Waals surface area contributed by atoms with Crippen LogP contribution < -0.4 is 11.1 Å². The molecule has 0 fully saturated rings. The lowest BCUT2D eigenvalue weighted by atomic mass is 10.1. The summed E-state index contributed by atoms with van der Waals surface area (Å²) in [5, 5.41) is 2.77. The highest BCUT2D eigenvalue weighted by Gasteiger charge is 2.16. The zero-order valence-corrected chi connectivity index (χ0v) is 11.3. The van der Waals surface area contributed by atoms with E-state index in [1.807, 2.05) is 45.0 Å². The molecule has 0 aliphatic heterocycles. The Morgan fingerprint density at radius 3 is 2.61 bits per heavy atom. The van der Waals surface area contributed by atoms with Crippen molar-refractivity contribution < 1.29 is 9.53 Å². The van der Waals surface area contributed by atoms with Crippen LogP contribution in [0, 0.1) is 0 Å². The van der Waals surface area contributed by atoms with E-state index in [1.165, 1.54) is 0 Å². The summed E-state index contributed by atoms with van der Waals surface area (Å²) in [4.78, 5) is 11.7. The van der Waals surface area contributed by atoms with E-state index in [-0.39, 0.29) is 0 Å². The molecule has 4 nitrogen and oxygen atoms in total. The number of carbonyl (C=O) groups excluding carboxylic acids is 1. The third-order valence-corrected chi connectivity index (χ3v) is 2.30. The number of hydrogen-bond acceptors (Lipinski definition) is 3. The molecule has 0 unspecified atom stereocenters. The van der Waals surface area contributed by atoms with Crippen LogP contribution in [0.25, 0.3) is 0 Å². The van der Waals surface area contributed by atoms with E-state index in [0.717, 1.165) is 24.1 Å². The number of hydrogen-bond donors (Lipinski definition) is 2. The average Bonchev–Trinajstić information content (AvgIpc) is 2.25. The van der Waals surface area contributed by atoms with Gasteiger partial charge in [0.1, 0.15) is 5.60 Å². The maximum atomic E-state index is 11.7. The zero-order valence-electron chi connectivity index (χ0n) is 11.3. The molecule has 1 rings (SSSR count). The first-order valence-electron chi connectivity index (χ1n) is 6.20. The Balaban J connectivity index is 2.68. The predicted molar refractivity (Wildman–Crippen MR) is 73.7 cm³/mol. The van der Waals surface area contributed by atoms with Crippen LogP contribution in [0.3, 0.4) is 0 Å². The second-order valence-electron chi connectivity index (χ2n) is 5.18. The predicted octanol–water partition coefficient (Wildman–Crippen LogP) is 2.92. The smallest absolute Gasteiger partial charge is 0.412 e. The summed E-state index contributed by atoms with van der Waals surface area (Å²) in [5.41, 5.74) is 6.88. The van der Waals surface area contributed by atoms with Crippen molar-refractivity contribution in [1.29, 1.82) is 0 Å². The van der Waals surface area contributed by atoms with Gasteiger partial charge in [-0.05, 0) is 51.8 Å². The van der Waals surface area contributed by atoms with Crippen LogP contribution in [0.15, 0.2) is 24.3 Å². The molecule has 0 heterocycles. The standard InChI is InChI=1S/C14H22N2O2/c1-14(2,3)18-13(17)16-12-9-5-4-7-11(12)8-6-10-15/h4-5,7,9H,6,8,10,15H2,1-3H3,(H,16,17). The molecule has 3 N–H and O–H groups in total. The highest BCUT2D eigenvalue weighted by molar-refractivity contribution is 5.85. The van der Waals surface area contributed by atoms with Crippen molar-refractivity contribution >= 4 is 11.8 Å². The lowest BCUT2D eigenvalue weighted by Crippen LogP contribution is -2.27. The minimum absolute atomic E-state index is 0.428. The molecule has 0 radical (unpaired) electrons. The molecule has 0 saturated carbocycles. The highest BCUT2D eigenvalue weighted by Crippen LogP contribution is 2.18. The Kier molecular flexibility index (Phi) is 5.16. The van der Waals surface area contributed by atoms with Gasteiger partial charge < -0.3 is 10.5 Å². The molecule has 0 aliphatic carbocycles. The first-order valence-corrected chi connectivity index (χ1v) is 6.20. The average molecular weight is 250 g/mol. The Bertz CT molecular complexity index is 397. The number of ether oxygens (including phenoxy) is 1. The number of amides is 1. The molecule has 0 spiro atoms. The summed E-state index contributed by atoms with van der Waals surface area (Å²) in [6.07, 6.45) is 1.32. The van der Waals surface area contributed by atoms with Crippen molar-refractivity contribution in [3.8, 4) is 0 Å². The molecular formula is C14H22N2O2. The summed E-state index contributed by atoms with van der Waals surface area (Å²) in [7, 11) is 0. The fourth-order valence-corrected chi connectivity index (χ4v) is 1.57. The van der Waals surface area contributed by atoms with Gasteiger partial charge in [0.05, 0.1) is 0 Å². The quantitative estimate of drug-likeness (QED) is 0.863.